The molecule has 0 saturated heterocycles. The van der Waals surface area contributed by atoms with Gasteiger partial charge in [-0.15, -0.1) is 10.2 Å². The molecule has 5 aliphatic heterocycles. The van der Waals surface area contributed by atoms with Crippen molar-refractivity contribution in [1.82, 2.24) is 0 Å². The Bertz CT molecular complexity index is 1120. The monoisotopic (exact) mass is 486 g/mol. The average molecular weight is 487 g/mol. The van der Waals surface area contributed by atoms with Crippen molar-refractivity contribution in [3.05, 3.63) is 40.0 Å². The number of rotatable bonds is 0. The van der Waals surface area contributed by atoms with Crippen molar-refractivity contribution in [2.75, 3.05) is 31.1 Å². The Balaban J connectivity index is 0.000000398. The summed E-state index contributed by atoms with van der Waals surface area (Å²) in [7, 11) is -4.94. The highest BCUT2D eigenvalue weighted by molar-refractivity contribution is 6.02. The molecule has 0 N–H and O–H groups in total. The fraction of sp³-hybridized carbons (Fsp3) is 0.577. The maximum Gasteiger partial charge on any atom is 0.186 e. The maximum absolute atomic E-state index is 8.49. The normalized spacial score (nSPS) is 26.9. The lowest BCUT2D eigenvalue weighted by Crippen LogP contribution is -2.68. The van der Waals surface area contributed by atoms with Crippen LogP contribution in [-0.2, 0) is 12.8 Å². The van der Waals surface area contributed by atoms with Crippen LogP contribution < -0.4 is 28.3 Å². The number of aryl methyl sites for hydroxylation is 1. The van der Waals surface area contributed by atoms with E-state index in [2.05, 4.69) is 28.5 Å². The topological polar surface area (TPSA) is 108 Å². The van der Waals surface area contributed by atoms with Crippen LogP contribution >= 0.6 is 0 Å². The van der Waals surface area contributed by atoms with E-state index < -0.39 is 10.2 Å². The van der Waals surface area contributed by atoms with Crippen LogP contribution in [0.1, 0.15) is 62.1 Å². The number of benzene rings is 1. The molecule has 0 saturated carbocycles. The molecule has 0 bridgehead atoms. The van der Waals surface area contributed by atoms with Gasteiger partial charge in [-0.3, -0.25) is 0 Å². The van der Waals surface area contributed by atoms with Crippen LogP contribution in [0.15, 0.2) is 23.3 Å². The van der Waals surface area contributed by atoms with Gasteiger partial charge < -0.3 is 9.64 Å². The third kappa shape index (κ3) is 3.78. The maximum atomic E-state index is 8.49. The zero-order chi connectivity index (χ0) is 23.6. The van der Waals surface area contributed by atoms with Gasteiger partial charge in [-0.1, -0.05) is 0 Å². The summed E-state index contributed by atoms with van der Waals surface area (Å²) in [6.07, 6.45) is 12.9. The molecule has 2 unspecified atom stereocenters. The van der Waals surface area contributed by atoms with Crippen molar-refractivity contribution >= 4 is 17.0 Å². The van der Waals surface area contributed by atoms with E-state index in [1.807, 2.05) is 0 Å². The van der Waals surface area contributed by atoms with Gasteiger partial charge in [0.05, 0.1) is 5.92 Å². The van der Waals surface area contributed by atoms with Crippen LogP contribution in [0, 0.1) is 16.2 Å². The molecule has 1 aromatic rings. The van der Waals surface area contributed by atoms with E-state index in [0.29, 0.717) is 5.92 Å². The van der Waals surface area contributed by atoms with Crippen LogP contribution in [0.4, 0.5) is 5.69 Å². The van der Waals surface area contributed by atoms with E-state index in [1.54, 1.807) is 22.5 Å². The van der Waals surface area contributed by atoms with Gasteiger partial charge in [-0.05, 0) is 74.3 Å². The van der Waals surface area contributed by atoms with Gasteiger partial charge in [-0.2, -0.15) is 0 Å². The molecule has 182 valence electrons. The number of allylic oxidation sites excluding steroid dienone is 2. The fourth-order valence-corrected chi connectivity index (χ4v) is 7.18. The van der Waals surface area contributed by atoms with Crippen molar-refractivity contribution in [2.24, 2.45) is 5.92 Å². The first-order chi connectivity index (χ1) is 16.3. The Labute approximate surface area is 202 Å². The van der Waals surface area contributed by atoms with Crippen molar-refractivity contribution in [3.63, 3.8) is 0 Å². The third-order valence-electron chi connectivity index (χ3n) is 8.39. The molecule has 0 spiro atoms. The molecule has 2 atom stereocenters. The number of nitrogens with zero attached hydrogens (tertiary/aromatic N) is 2. The van der Waals surface area contributed by atoms with Gasteiger partial charge in [0, 0.05) is 48.3 Å². The highest BCUT2D eigenvalue weighted by atomic mass is 35.7. The first-order valence-corrected chi connectivity index (χ1v) is 13.8. The fourth-order valence-electron chi connectivity index (χ4n) is 7.18. The second-order valence-corrected chi connectivity index (χ2v) is 11.1. The Kier molecular flexibility index (Phi) is 5.54. The number of fused-ring (bicyclic) bond motifs is 4. The molecule has 0 fully saturated rings. The first kappa shape index (κ1) is 22.6. The van der Waals surface area contributed by atoms with Crippen LogP contribution in [-0.4, -0.2) is 42.6 Å². The zero-order valence-corrected chi connectivity index (χ0v) is 20.4. The third-order valence-corrected chi connectivity index (χ3v) is 8.39. The lowest BCUT2D eigenvalue weighted by Gasteiger charge is -2.43. The molecule has 1 aromatic carbocycles. The lowest BCUT2D eigenvalue weighted by molar-refractivity contribution is -2.00. The molecule has 7 rings (SSSR count). The van der Waals surface area contributed by atoms with Crippen LogP contribution in [0.2, 0.25) is 0 Å². The Hall–Kier alpha value is -1.90. The molecule has 1 aliphatic carbocycles. The molecule has 8 heteroatoms. The van der Waals surface area contributed by atoms with Gasteiger partial charge in [0.1, 0.15) is 24.9 Å². The highest BCUT2D eigenvalue weighted by Gasteiger charge is 2.47. The second kappa shape index (κ2) is 8.35. The molecule has 0 radical (unpaired) electrons. The van der Waals surface area contributed by atoms with E-state index in [9.17, 15) is 0 Å². The number of halogens is 1. The van der Waals surface area contributed by atoms with Crippen molar-refractivity contribution in [3.8, 4) is 5.75 Å². The molecule has 0 aromatic heterocycles. The molecular weight excluding hydrogens is 456 g/mol. The summed E-state index contributed by atoms with van der Waals surface area (Å²) in [5, 5.41) is 0. The van der Waals surface area contributed by atoms with Gasteiger partial charge in [0.25, 0.3) is 0 Å². The minimum atomic E-state index is -4.94. The Morgan fingerprint density at radius 3 is 2.53 bits per heavy atom. The summed E-state index contributed by atoms with van der Waals surface area (Å²) in [5.41, 5.74) is 12.3. The van der Waals surface area contributed by atoms with Crippen molar-refractivity contribution in [1.29, 1.82) is 0 Å². The van der Waals surface area contributed by atoms with E-state index in [0.717, 1.165) is 0 Å². The first-order valence-electron chi connectivity index (χ1n) is 12.6. The average Bonchev–Trinajstić information content (AvgIpc) is 2.80. The summed E-state index contributed by atoms with van der Waals surface area (Å²) in [5.74, 6) is 1.80. The molecule has 6 aliphatic rings. The van der Waals surface area contributed by atoms with Crippen LogP contribution in [0.5, 0.6) is 5.75 Å². The van der Waals surface area contributed by atoms with Crippen molar-refractivity contribution in [2.45, 2.75) is 64.4 Å². The van der Waals surface area contributed by atoms with Crippen LogP contribution in [0.25, 0.3) is 5.57 Å². The Morgan fingerprint density at radius 2 is 1.74 bits per heavy atom. The quantitative estimate of drug-likeness (QED) is 0.468. The smallest absolute Gasteiger partial charge is 0.186 e. The largest absolute Gasteiger partial charge is 0.484 e. The summed E-state index contributed by atoms with van der Waals surface area (Å²) < 4.78 is 43.7. The second-order valence-electron chi connectivity index (χ2n) is 10.3. The summed E-state index contributed by atoms with van der Waals surface area (Å²) in [6.45, 7) is 7.32. The van der Waals surface area contributed by atoms with Gasteiger partial charge in [0.2, 0.25) is 0 Å². The minimum absolute atomic E-state index is 0.232. The predicted molar refractivity (Wildman–Crippen MR) is 117 cm³/mol. The number of ether oxygens (including phenoxy) is 1. The summed E-state index contributed by atoms with van der Waals surface area (Å²) in [6, 6.07) is 2.50. The van der Waals surface area contributed by atoms with Gasteiger partial charge >= 0.3 is 0 Å². The summed E-state index contributed by atoms with van der Waals surface area (Å²) >= 11 is 0. The molecule has 34 heavy (non-hydrogen) atoms. The Morgan fingerprint density at radius 1 is 1.00 bits per heavy atom. The zero-order valence-electron chi connectivity index (χ0n) is 19.6. The molecule has 7 nitrogen and oxygen atoms in total. The number of hydrogen-bond acceptors (Lipinski definition) is 6. The van der Waals surface area contributed by atoms with Crippen molar-refractivity contribution < 1.29 is 38.2 Å². The predicted octanol–water partition coefficient (Wildman–Crippen LogP) is -0.239. The number of anilines is 1. The van der Waals surface area contributed by atoms with E-state index >= 15 is 0 Å². The molecule has 5 heterocycles. The van der Waals surface area contributed by atoms with Crippen LogP contribution in [0.3, 0.4) is 0 Å². The highest BCUT2D eigenvalue weighted by Crippen LogP contribution is 2.50. The minimum Gasteiger partial charge on any atom is -0.484 e. The summed E-state index contributed by atoms with van der Waals surface area (Å²) in [4.78, 5) is 2.65. The standard InChI is InChI=1S/C26H31N2O.ClHO4/c1-16-21-14-17-6-2-10-27-12-4-8-19(23(17)27)25(21)29-26-20-9-5-13-28-11-3-7-18(24(20)28)15-22(16)26;2-1(3,4)5/h14-15,19,25H,2-13H2,1H3;(H,2,3,4,5)/q+1;/p-1. The van der Waals surface area contributed by atoms with Gasteiger partial charge in [0.15, 0.2) is 5.71 Å². The number of hydrogen-bond donors (Lipinski definition) is 0. The van der Waals surface area contributed by atoms with Gasteiger partial charge in [-0.25, -0.2) is 23.2 Å². The van der Waals surface area contributed by atoms with E-state index in [-0.39, 0.29) is 6.10 Å². The molecular formula is C26H31ClN2O5. The lowest BCUT2D eigenvalue weighted by atomic mass is 9.72. The SMILES string of the molecule is CC1=C2C=C3CCC[N+]4=C3C(CCC4)C2Oc2c1cc1c3c2CCCN3CCC1.[O-][Cl+3]([O-])([O-])[O-]. The molecule has 0 amide bonds. The van der Waals surface area contributed by atoms with E-state index in [4.69, 9.17) is 23.4 Å². The van der Waals surface area contributed by atoms with E-state index in [1.165, 1.54) is 106 Å².